The van der Waals surface area contributed by atoms with Crippen LogP contribution in [0.4, 0.5) is 11.4 Å². The van der Waals surface area contributed by atoms with Gasteiger partial charge in [-0.05, 0) is 32.4 Å². The SMILES string of the molecule is CCC(C)(C)N(C)S(=O)(=O)c1cc(NN)ccc1[N+](=O)[O-]. The van der Waals surface area contributed by atoms with E-state index in [0.29, 0.717) is 6.42 Å². The van der Waals surface area contributed by atoms with Gasteiger partial charge in [0.05, 0.1) is 10.6 Å². The monoisotopic (exact) mass is 316 g/mol. The quantitative estimate of drug-likeness (QED) is 0.468. The molecule has 0 aliphatic heterocycles. The second kappa shape index (κ2) is 5.96. The highest BCUT2D eigenvalue weighted by atomic mass is 32.2. The van der Waals surface area contributed by atoms with Crippen molar-refractivity contribution in [3.05, 3.63) is 28.3 Å². The fourth-order valence-corrected chi connectivity index (χ4v) is 3.41. The van der Waals surface area contributed by atoms with Crippen LogP contribution in [-0.2, 0) is 10.0 Å². The van der Waals surface area contributed by atoms with Crippen LogP contribution < -0.4 is 11.3 Å². The Bertz CT molecular complexity index is 643. The van der Waals surface area contributed by atoms with Crippen LogP contribution in [0, 0.1) is 10.1 Å². The second-order valence-electron chi connectivity index (χ2n) is 5.22. The summed E-state index contributed by atoms with van der Waals surface area (Å²) >= 11 is 0. The van der Waals surface area contributed by atoms with E-state index in [1.165, 1.54) is 13.1 Å². The molecule has 1 rings (SSSR count). The van der Waals surface area contributed by atoms with Crippen LogP contribution >= 0.6 is 0 Å². The molecule has 0 fully saturated rings. The first-order chi connectivity index (χ1) is 9.57. The van der Waals surface area contributed by atoms with Crippen molar-refractivity contribution < 1.29 is 13.3 Å². The van der Waals surface area contributed by atoms with Crippen molar-refractivity contribution in [2.45, 2.75) is 37.6 Å². The summed E-state index contributed by atoms with van der Waals surface area (Å²) in [6.45, 7) is 5.35. The van der Waals surface area contributed by atoms with E-state index in [4.69, 9.17) is 5.84 Å². The molecule has 0 spiro atoms. The van der Waals surface area contributed by atoms with Gasteiger partial charge in [-0.15, -0.1) is 0 Å². The Kier molecular flexibility index (Phi) is 4.92. The van der Waals surface area contributed by atoms with E-state index < -0.39 is 26.2 Å². The molecule has 3 N–H and O–H groups in total. The summed E-state index contributed by atoms with van der Waals surface area (Å²) in [5.41, 5.74) is 1.42. The minimum absolute atomic E-state index is 0.280. The van der Waals surface area contributed by atoms with Gasteiger partial charge < -0.3 is 5.43 Å². The number of nitrogens with one attached hydrogen (secondary N) is 1. The Balaban J connectivity index is 3.53. The first-order valence-corrected chi connectivity index (χ1v) is 7.76. The van der Waals surface area contributed by atoms with E-state index in [2.05, 4.69) is 5.43 Å². The minimum atomic E-state index is -4.02. The normalized spacial score (nSPS) is 12.5. The molecule has 0 radical (unpaired) electrons. The molecule has 118 valence electrons. The van der Waals surface area contributed by atoms with E-state index >= 15 is 0 Å². The Labute approximate surface area is 124 Å². The summed E-state index contributed by atoms with van der Waals surface area (Å²) in [6, 6.07) is 3.63. The lowest BCUT2D eigenvalue weighted by molar-refractivity contribution is -0.387. The molecule has 0 atom stereocenters. The zero-order chi connectivity index (χ0) is 16.4. The molecule has 0 heterocycles. The lowest BCUT2D eigenvalue weighted by atomic mass is 10.0. The molecule has 0 aromatic heterocycles. The molecule has 9 heteroatoms. The van der Waals surface area contributed by atoms with E-state index in [9.17, 15) is 18.5 Å². The summed E-state index contributed by atoms with van der Waals surface area (Å²) in [5.74, 6) is 5.25. The van der Waals surface area contributed by atoms with Gasteiger partial charge in [0, 0.05) is 18.7 Å². The van der Waals surface area contributed by atoms with Gasteiger partial charge in [-0.1, -0.05) is 6.92 Å². The maximum absolute atomic E-state index is 12.7. The molecule has 8 nitrogen and oxygen atoms in total. The van der Waals surface area contributed by atoms with Gasteiger partial charge in [0.2, 0.25) is 10.0 Å². The maximum Gasteiger partial charge on any atom is 0.289 e. The van der Waals surface area contributed by atoms with Crippen molar-refractivity contribution >= 4 is 21.4 Å². The number of hydrogen-bond acceptors (Lipinski definition) is 6. The van der Waals surface area contributed by atoms with Crippen molar-refractivity contribution in [3.8, 4) is 0 Å². The number of anilines is 1. The van der Waals surface area contributed by atoms with Gasteiger partial charge in [0.15, 0.2) is 4.90 Å². The topological polar surface area (TPSA) is 119 Å². The summed E-state index contributed by atoms with van der Waals surface area (Å²) in [6.07, 6.45) is 0.561. The van der Waals surface area contributed by atoms with Crippen LogP contribution in [-0.4, -0.2) is 30.2 Å². The average molecular weight is 316 g/mol. The molecule has 0 saturated carbocycles. The van der Waals surface area contributed by atoms with Crippen molar-refractivity contribution in [2.75, 3.05) is 12.5 Å². The number of hydrazine groups is 1. The van der Waals surface area contributed by atoms with Crippen LogP contribution in [0.15, 0.2) is 23.1 Å². The van der Waals surface area contributed by atoms with Crippen LogP contribution in [0.2, 0.25) is 0 Å². The lowest BCUT2D eigenvalue weighted by Gasteiger charge is -2.33. The Morgan fingerprint density at radius 3 is 2.43 bits per heavy atom. The molecule has 0 bridgehead atoms. The predicted molar refractivity (Wildman–Crippen MR) is 80.2 cm³/mol. The summed E-state index contributed by atoms with van der Waals surface area (Å²) in [4.78, 5) is 9.98. The molecule has 0 aliphatic carbocycles. The number of nitro groups is 1. The molecule has 21 heavy (non-hydrogen) atoms. The third-order valence-electron chi connectivity index (χ3n) is 3.68. The fourth-order valence-electron chi connectivity index (χ4n) is 1.66. The highest BCUT2D eigenvalue weighted by Crippen LogP contribution is 2.32. The van der Waals surface area contributed by atoms with Gasteiger partial charge >= 0.3 is 0 Å². The first kappa shape index (κ1) is 17.3. The molecule has 0 saturated heterocycles. The fraction of sp³-hybridized carbons (Fsp3) is 0.500. The number of nitrogen functional groups attached to an aromatic ring is 1. The first-order valence-electron chi connectivity index (χ1n) is 6.32. The summed E-state index contributed by atoms with van der Waals surface area (Å²) in [5, 5.41) is 11.1. The van der Waals surface area contributed by atoms with Gasteiger partial charge in [-0.3, -0.25) is 16.0 Å². The van der Waals surface area contributed by atoms with Gasteiger partial charge in [0.25, 0.3) is 5.69 Å². The molecule has 0 aliphatic rings. The molecular formula is C12H20N4O4S. The third kappa shape index (κ3) is 3.31. The molecule has 1 aromatic carbocycles. The lowest BCUT2D eigenvalue weighted by Crippen LogP contribution is -2.44. The number of rotatable bonds is 6. The zero-order valence-electron chi connectivity index (χ0n) is 12.5. The second-order valence-corrected chi connectivity index (χ2v) is 7.16. The Hall–Kier alpha value is -1.71. The molecule has 0 amide bonds. The highest BCUT2D eigenvalue weighted by Gasteiger charge is 2.36. The Morgan fingerprint density at radius 2 is 2.00 bits per heavy atom. The van der Waals surface area contributed by atoms with Crippen molar-refractivity contribution in [3.63, 3.8) is 0 Å². The van der Waals surface area contributed by atoms with Crippen LogP contribution in [0.5, 0.6) is 0 Å². The van der Waals surface area contributed by atoms with Crippen molar-refractivity contribution in [2.24, 2.45) is 5.84 Å². The van der Waals surface area contributed by atoms with Gasteiger partial charge in [0.1, 0.15) is 0 Å². The summed E-state index contributed by atoms with van der Waals surface area (Å²) in [7, 11) is -2.61. The standard InChI is InChI=1S/C12H20N4O4S/c1-5-12(2,3)15(4)21(19,20)11-8-9(14-13)6-7-10(11)16(17)18/h6-8,14H,5,13H2,1-4H3. The zero-order valence-corrected chi connectivity index (χ0v) is 13.3. The number of hydrogen-bond donors (Lipinski definition) is 2. The van der Waals surface area contributed by atoms with Crippen molar-refractivity contribution in [1.29, 1.82) is 0 Å². The van der Waals surface area contributed by atoms with E-state index in [1.807, 2.05) is 6.92 Å². The van der Waals surface area contributed by atoms with Crippen molar-refractivity contribution in [1.82, 2.24) is 4.31 Å². The Morgan fingerprint density at radius 1 is 1.43 bits per heavy atom. The van der Waals surface area contributed by atoms with E-state index in [1.54, 1.807) is 13.8 Å². The number of benzene rings is 1. The third-order valence-corrected chi connectivity index (χ3v) is 5.78. The van der Waals surface area contributed by atoms with Crippen LogP contribution in [0.1, 0.15) is 27.2 Å². The highest BCUT2D eigenvalue weighted by molar-refractivity contribution is 7.89. The minimum Gasteiger partial charge on any atom is -0.324 e. The molecule has 1 aromatic rings. The smallest absolute Gasteiger partial charge is 0.289 e. The van der Waals surface area contributed by atoms with Crippen LogP contribution in [0.25, 0.3) is 0 Å². The van der Waals surface area contributed by atoms with E-state index in [0.717, 1.165) is 16.4 Å². The number of sulfonamides is 1. The molecular weight excluding hydrogens is 296 g/mol. The van der Waals surface area contributed by atoms with Crippen LogP contribution in [0.3, 0.4) is 0 Å². The largest absolute Gasteiger partial charge is 0.324 e. The number of nitrogens with zero attached hydrogens (tertiary/aromatic N) is 2. The summed E-state index contributed by atoms with van der Waals surface area (Å²) < 4.78 is 26.5. The number of nitrogens with two attached hydrogens (primary N) is 1. The predicted octanol–water partition coefficient (Wildman–Crippen LogP) is 1.69. The number of nitro benzene ring substituents is 1. The maximum atomic E-state index is 12.7. The van der Waals surface area contributed by atoms with Gasteiger partial charge in [-0.25, -0.2) is 8.42 Å². The van der Waals surface area contributed by atoms with E-state index in [-0.39, 0.29) is 10.6 Å². The molecule has 0 unspecified atom stereocenters. The average Bonchev–Trinajstić information content (AvgIpc) is 2.45. The van der Waals surface area contributed by atoms with Gasteiger partial charge in [-0.2, -0.15) is 4.31 Å².